The molecule has 3 heterocycles. The average molecular weight is 603 g/mol. The molecule has 0 bridgehead atoms. The van der Waals surface area contributed by atoms with Crippen LogP contribution in [0.5, 0.6) is 0 Å². The van der Waals surface area contributed by atoms with E-state index in [1.165, 1.54) is 6.92 Å². The van der Waals surface area contributed by atoms with E-state index in [-0.39, 0.29) is 6.61 Å². The van der Waals surface area contributed by atoms with E-state index in [0.29, 0.717) is 13.0 Å². The Morgan fingerprint density at radius 2 is 1.24 bits per heavy atom. The largest absolute Gasteiger partial charge is 0.394 e. The van der Waals surface area contributed by atoms with Crippen molar-refractivity contribution in [1.82, 2.24) is 5.32 Å². The fourth-order valence-corrected chi connectivity index (χ4v) is 4.86. The molecule has 3 aliphatic heterocycles. The number of aliphatic hydroxyl groups excluding tert-OH is 9. The van der Waals surface area contributed by atoms with Gasteiger partial charge in [-0.25, -0.2) is 0 Å². The quantitative estimate of drug-likeness (QED) is 0.0925. The number of amides is 1. The summed E-state index contributed by atoms with van der Waals surface area (Å²) in [5.74, 6) is -0.545. The van der Waals surface area contributed by atoms with E-state index in [9.17, 15) is 50.8 Å². The molecule has 3 aliphatic rings. The van der Waals surface area contributed by atoms with E-state index < -0.39 is 118 Å². The molecule has 3 saturated heterocycles. The van der Waals surface area contributed by atoms with Crippen molar-refractivity contribution in [2.24, 2.45) is 5.73 Å². The Kier molecular flexibility index (Phi) is 13.0. The number of ether oxygens (including phenoxy) is 6. The standard InChI is InChI=1S/C23H42N2O16/c1-8(29)25-12-15(32)19(11(7-28)39-21(12)36-4-2-3-24)40-23-18(35)20(14(31)10(6-27)38-23)41-22-17(34)16(33)13(30)9(5-26)37-22/h9-23,26-28,30-35H,2-7,24H2,1H3,(H,25,29)/t9?,10?,11?,12?,13-,14-,15+,16-,17?,18?,19+,20-,21+,22?,23-/m0/s1. The molecule has 18 heteroatoms. The zero-order valence-electron chi connectivity index (χ0n) is 22.4. The lowest BCUT2D eigenvalue weighted by Crippen LogP contribution is -2.68. The highest BCUT2D eigenvalue weighted by Crippen LogP contribution is 2.32. The molecule has 0 radical (unpaired) electrons. The van der Waals surface area contributed by atoms with Crippen molar-refractivity contribution in [3.8, 4) is 0 Å². The number of nitrogens with two attached hydrogens (primary N) is 1. The molecular weight excluding hydrogens is 560 g/mol. The topological polar surface area (TPSA) is 293 Å². The summed E-state index contributed by atoms with van der Waals surface area (Å²) in [7, 11) is 0. The normalized spacial score (nSPS) is 45.4. The first-order chi connectivity index (χ1) is 19.5. The van der Waals surface area contributed by atoms with Crippen LogP contribution in [0.25, 0.3) is 0 Å². The van der Waals surface area contributed by atoms with Gasteiger partial charge in [-0.15, -0.1) is 0 Å². The van der Waals surface area contributed by atoms with Crippen LogP contribution >= 0.6 is 0 Å². The molecule has 18 nitrogen and oxygen atoms in total. The van der Waals surface area contributed by atoms with Crippen molar-refractivity contribution in [2.75, 3.05) is 33.0 Å². The van der Waals surface area contributed by atoms with Crippen molar-refractivity contribution in [1.29, 1.82) is 0 Å². The van der Waals surface area contributed by atoms with Crippen LogP contribution < -0.4 is 11.1 Å². The van der Waals surface area contributed by atoms with Gasteiger partial charge in [0.05, 0.1) is 26.4 Å². The summed E-state index contributed by atoms with van der Waals surface area (Å²) in [6, 6.07) is -1.20. The third kappa shape index (κ3) is 7.87. The van der Waals surface area contributed by atoms with Gasteiger partial charge in [-0.2, -0.15) is 0 Å². The van der Waals surface area contributed by atoms with Gasteiger partial charge in [-0.05, 0) is 13.0 Å². The molecule has 0 spiro atoms. The summed E-state index contributed by atoms with van der Waals surface area (Å²) in [5.41, 5.74) is 5.48. The van der Waals surface area contributed by atoms with Gasteiger partial charge < -0.3 is 85.4 Å². The first-order valence-electron chi connectivity index (χ1n) is 13.3. The minimum Gasteiger partial charge on any atom is -0.394 e. The average Bonchev–Trinajstić information content (AvgIpc) is 2.95. The predicted octanol–water partition coefficient (Wildman–Crippen LogP) is -7.06. The molecule has 3 rings (SSSR count). The number of rotatable bonds is 12. The Morgan fingerprint density at radius 3 is 1.80 bits per heavy atom. The second kappa shape index (κ2) is 15.5. The van der Waals surface area contributed by atoms with Gasteiger partial charge in [0.1, 0.15) is 73.2 Å². The van der Waals surface area contributed by atoms with Crippen molar-refractivity contribution in [3.05, 3.63) is 0 Å². The van der Waals surface area contributed by atoms with Crippen molar-refractivity contribution in [2.45, 2.75) is 105 Å². The van der Waals surface area contributed by atoms with E-state index in [4.69, 9.17) is 34.2 Å². The van der Waals surface area contributed by atoms with E-state index in [0.717, 1.165) is 0 Å². The maximum absolute atomic E-state index is 11.8. The molecule has 0 aromatic carbocycles. The van der Waals surface area contributed by atoms with Crippen molar-refractivity contribution >= 4 is 5.91 Å². The van der Waals surface area contributed by atoms with Gasteiger partial charge in [0, 0.05) is 6.92 Å². The second-order valence-corrected chi connectivity index (χ2v) is 10.1. The number of nitrogens with one attached hydrogen (secondary N) is 1. The van der Waals surface area contributed by atoms with E-state index in [1.807, 2.05) is 0 Å². The SMILES string of the molecule is CC(=O)NC1[C@H](OCCCN)OC(CO)[C@@H](O[C@@H]2OC(CO)[C@H](O)[C@H](OC3OC(CO)[C@H](O)[C@H](O)C3O)C2O)[C@@H]1O. The van der Waals surface area contributed by atoms with Crippen LogP contribution in [0.1, 0.15) is 13.3 Å². The number of carbonyl (C=O) groups is 1. The van der Waals surface area contributed by atoms with Gasteiger partial charge in [0.2, 0.25) is 5.91 Å². The Hall–Kier alpha value is -1.17. The molecule has 0 saturated carbocycles. The minimum atomic E-state index is -1.90. The predicted molar refractivity (Wildman–Crippen MR) is 130 cm³/mol. The van der Waals surface area contributed by atoms with Crippen molar-refractivity contribution < 1.29 is 79.2 Å². The second-order valence-electron chi connectivity index (χ2n) is 10.1. The van der Waals surface area contributed by atoms with Crippen LogP contribution in [-0.2, 0) is 33.2 Å². The summed E-state index contributed by atoms with van der Waals surface area (Å²) in [5, 5.41) is 94.9. The Labute approximate surface area is 235 Å². The summed E-state index contributed by atoms with van der Waals surface area (Å²) >= 11 is 0. The van der Waals surface area contributed by atoms with Gasteiger partial charge in [-0.3, -0.25) is 4.79 Å². The Balaban J connectivity index is 1.80. The molecule has 7 unspecified atom stereocenters. The van der Waals surface area contributed by atoms with Gasteiger partial charge in [0.25, 0.3) is 0 Å². The van der Waals surface area contributed by atoms with Gasteiger partial charge >= 0.3 is 0 Å². The van der Waals surface area contributed by atoms with E-state index in [1.54, 1.807) is 0 Å². The number of hydrogen-bond acceptors (Lipinski definition) is 17. The summed E-state index contributed by atoms with van der Waals surface area (Å²) in [6.45, 7) is -0.656. The third-order valence-corrected chi connectivity index (χ3v) is 7.11. The molecule has 3 fully saturated rings. The minimum absolute atomic E-state index is 0.116. The van der Waals surface area contributed by atoms with Gasteiger partial charge in [0.15, 0.2) is 18.9 Å². The molecular formula is C23H42N2O16. The fourth-order valence-electron chi connectivity index (χ4n) is 4.86. The zero-order chi connectivity index (χ0) is 30.4. The molecule has 0 aromatic heterocycles. The maximum atomic E-state index is 11.8. The van der Waals surface area contributed by atoms with Crippen LogP contribution in [0.2, 0.25) is 0 Å². The number of carbonyl (C=O) groups excluding carboxylic acids is 1. The highest BCUT2D eigenvalue weighted by Gasteiger charge is 2.54. The van der Waals surface area contributed by atoms with Crippen LogP contribution in [0.15, 0.2) is 0 Å². The molecule has 41 heavy (non-hydrogen) atoms. The smallest absolute Gasteiger partial charge is 0.217 e. The summed E-state index contributed by atoms with van der Waals surface area (Å²) in [6.07, 6.45) is -22.1. The molecule has 240 valence electrons. The summed E-state index contributed by atoms with van der Waals surface area (Å²) < 4.78 is 33.4. The molecule has 15 atom stereocenters. The monoisotopic (exact) mass is 602 g/mol. The van der Waals surface area contributed by atoms with Gasteiger partial charge in [-0.1, -0.05) is 0 Å². The fraction of sp³-hybridized carbons (Fsp3) is 0.957. The highest BCUT2D eigenvalue weighted by atomic mass is 16.8. The van der Waals surface area contributed by atoms with Crippen molar-refractivity contribution in [3.63, 3.8) is 0 Å². The third-order valence-electron chi connectivity index (χ3n) is 7.11. The first-order valence-corrected chi connectivity index (χ1v) is 13.3. The maximum Gasteiger partial charge on any atom is 0.217 e. The van der Waals surface area contributed by atoms with E-state index >= 15 is 0 Å². The Bertz CT molecular complexity index is 812. The number of aliphatic hydroxyl groups is 9. The lowest BCUT2D eigenvalue weighted by atomic mass is 9.95. The van der Waals surface area contributed by atoms with Crippen LogP contribution in [-0.4, -0.2) is 177 Å². The lowest BCUT2D eigenvalue weighted by Gasteiger charge is -2.48. The highest BCUT2D eigenvalue weighted by molar-refractivity contribution is 5.73. The van der Waals surface area contributed by atoms with Crippen LogP contribution in [0.4, 0.5) is 0 Å². The molecule has 12 N–H and O–H groups in total. The van der Waals surface area contributed by atoms with Crippen LogP contribution in [0, 0.1) is 0 Å². The first kappa shape index (κ1) is 34.3. The van der Waals surface area contributed by atoms with E-state index in [2.05, 4.69) is 5.32 Å². The zero-order valence-corrected chi connectivity index (χ0v) is 22.4. The Morgan fingerprint density at radius 1 is 0.707 bits per heavy atom. The molecule has 0 aliphatic carbocycles. The number of hydrogen-bond donors (Lipinski definition) is 11. The summed E-state index contributed by atoms with van der Waals surface area (Å²) in [4.78, 5) is 11.8. The molecule has 0 aromatic rings. The lowest BCUT2D eigenvalue weighted by molar-refractivity contribution is -0.376. The molecule has 1 amide bonds. The van der Waals surface area contributed by atoms with Crippen LogP contribution in [0.3, 0.4) is 0 Å².